The van der Waals surface area contributed by atoms with Gasteiger partial charge in [-0.15, -0.1) is 0 Å². The number of hydrogen-bond acceptors (Lipinski definition) is 2. The lowest BCUT2D eigenvalue weighted by molar-refractivity contribution is 0.632. The largest absolute Gasteiger partial charge is 0.398 e. The summed E-state index contributed by atoms with van der Waals surface area (Å²) in [5.41, 5.74) is 13.8. The Morgan fingerprint density at radius 1 is 0.867 bits per heavy atom. The van der Waals surface area contributed by atoms with Crippen molar-refractivity contribution in [1.29, 1.82) is 0 Å². The van der Waals surface area contributed by atoms with Gasteiger partial charge in [0.1, 0.15) is 5.82 Å². The van der Waals surface area contributed by atoms with Crippen LogP contribution >= 0.6 is 0 Å². The van der Waals surface area contributed by atoms with Crippen LogP contribution < -0.4 is 11.5 Å². The van der Waals surface area contributed by atoms with Crippen LogP contribution in [0.2, 0.25) is 0 Å². The predicted octanol–water partition coefficient (Wildman–Crippen LogP) is 2.66. The van der Waals surface area contributed by atoms with Gasteiger partial charge < -0.3 is 11.5 Å². The molecular formula is C12H11FN2. The maximum Gasteiger partial charge on any atom is 0.146 e. The van der Waals surface area contributed by atoms with Crippen molar-refractivity contribution in [1.82, 2.24) is 0 Å². The predicted molar refractivity (Wildman–Crippen MR) is 60.7 cm³/mol. The summed E-state index contributed by atoms with van der Waals surface area (Å²) in [6, 6.07) is 12.0. The van der Waals surface area contributed by atoms with Crippen LogP contribution in [0.3, 0.4) is 0 Å². The second-order valence-corrected chi connectivity index (χ2v) is 3.32. The van der Waals surface area contributed by atoms with Gasteiger partial charge in [0.15, 0.2) is 0 Å². The number of nitrogen functional groups attached to an aromatic ring is 2. The summed E-state index contributed by atoms with van der Waals surface area (Å²) in [6.07, 6.45) is 0. The van der Waals surface area contributed by atoms with Crippen LogP contribution in [0.4, 0.5) is 15.8 Å². The molecule has 0 unspecified atom stereocenters. The van der Waals surface area contributed by atoms with Crippen molar-refractivity contribution in [3.8, 4) is 11.1 Å². The molecule has 0 fully saturated rings. The standard InChI is InChI=1S/C12H11FN2/c13-10-6-5-8(7-12(10)15)9-3-1-2-4-11(9)14/h1-7H,14-15H2. The van der Waals surface area contributed by atoms with Crippen molar-refractivity contribution in [3.63, 3.8) is 0 Å². The van der Waals surface area contributed by atoms with Crippen LogP contribution in [-0.2, 0) is 0 Å². The Hall–Kier alpha value is -2.03. The van der Waals surface area contributed by atoms with Crippen molar-refractivity contribution in [2.75, 3.05) is 11.5 Å². The first-order chi connectivity index (χ1) is 7.18. The molecule has 0 bridgehead atoms. The van der Waals surface area contributed by atoms with E-state index in [-0.39, 0.29) is 5.69 Å². The van der Waals surface area contributed by atoms with Crippen molar-refractivity contribution in [2.24, 2.45) is 0 Å². The van der Waals surface area contributed by atoms with Gasteiger partial charge in [0.2, 0.25) is 0 Å². The average Bonchev–Trinajstić information content (AvgIpc) is 2.23. The minimum Gasteiger partial charge on any atom is -0.398 e. The molecular weight excluding hydrogens is 191 g/mol. The Kier molecular flexibility index (Phi) is 2.29. The summed E-state index contributed by atoms with van der Waals surface area (Å²) < 4.78 is 13.0. The topological polar surface area (TPSA) is 52.0 Å². The molecule has 3 heteroatoms. The lowest BCUT2D eigenvalue weighted by atomic mass is 10.0. The van der Waals surface area contributed by atoms with Gasteiger partial charge in [-0.25, -0.2) is 4.39 Å². The number of nitrogens with two attached hydrogens (primary N) is 2. The van der Waals surface area contributed by atoms with E-state index in [4.69, 9.17) is 11.5 Å². The maximum absolute atomic E-state index is 13.0. The quantitative estimate of drug-likeness (QED) is 0.698. The minimum absolute atomic E-state index is 0.135. The van der Waals surface area contributed by atoms with Gasteiger partial charge >= 0.3 is 0 Å². The number of anilines is 2. The molecule has 0 radical (unpaired) electrons. The first-order valence-corrected chi connectivity index (χ1v) is 4.58. The Balaban J connectivity index is 2.55. The number of para-hydroxylation sites is 1. The zero-order chi connectivity index (χ0) is 10.8. The van der Waals surface area contributed by atoms with Gasteiger partial charge in [0.05, 0.1) is 5.69 Å². The second-order valence-electron chi connectivity index (χ2n) is 3.32. The monoisotopic (exact) mass is 202 g/mol. The van der Waals surface area contributed by atoms with Crippen LogP contribution in [0.1, 0.15) is 0 Å². The van der Waals surface area contributed by atoms with Crippen LogP contribution in [0.5, 0.6) is 0 Å². The van der Waals surface area contributed by atoms with Gasteiger partial charge in [-0.2, -0.15) is 0 Å². The third-order valence-corrected chi connectivity index (χ3v) is 2.27. The first-order valence-electron chi connectivity index (χ1n) is 4.58. The maximum atomic E-state index is 13.0. The SMILES string of the molecule is Nc1cc(-c2ccccc2N)ccc1F. The Labute approximate surface area is 87.3 Å². The molecule has 2 aromatic carbocycles. The molecule has 0 aliphatic rings. The number of halogens is 1. The molecule has 76 valence electrons. The summed E-state index contributed by atoms with van der Waals surface area (Å²) in [5.74, 6) is -0.409. The second kappa shape index (κ2) is 3.61. The molecule has 0 spiro atoms. The molecule has 0 amide bonds. The van der Waals surface area contributed by atoms with Crippen molar-refractivity contribution in [3.05, 3.63) is 48.3 Å². The molecule has 2 rings (SSSR count). The lowest BCUT2D eigenvalue weighted by Gasteiger charge is -2.06. The van der Waals surface area contributed by atoms with Crippen LogP contribution in [0, 0.1) is 5.82 Å². The summed E-state index contributed by atoms with van der Waals surface area (Å²) in [7, 11) is 0. The summed E-state index contributed by atoms with van der Waals surface area (Å²) in [4.78, 5) is 0. The van der Waals surface area contributed by atoms with Gasteiger partial charge in [-0.05, 0) is 23.8 Å². The molecule has 0 saturated heterocycles. The van der Waals surface area contributed by atoms with Gasteiger partial charge in [-0.1, -0.05) is 24.3 Å². The van der Waals surface area contributed by atoms with Gasteiger partial charge in [-0.3, -0.25) is 0 Å². The molecule has 15 heavy (non-hydrogen) atoms. The van der Waals surface area contributed by atoms with E-state index in [1.165, 1.54) is 6.07 Å². The van der Waals surface area contributed by atoms with E-state index in [1.54, 1.807) is 18.2 Å². The first kappa shape index (κ1) is 9.52. The fourth-order valence-corrected chi connectivity index (χ4v) is 1.47. The Morgan fingerprint density at radius 2 is 1.60 bits per heavy atom. The van der Waals surface area contributed by atoms with E-state index in [9.17, 15) is 4.39 Å². The fourth-order valence-electron chi connectivity index (χ4n) is 1.47. The third-order valence-electron chi connectivity index (χ3n) is 2.27. The summed E-state index contributed by atoms with van der Waals surface area (Å²) in [6.45, 7) is 0. The van der Waals surface area contributed by atoms with Crippen LogP contribution in [0.15, 0.2) is 42.5 Å². The van der Waals surface area contributed by atoms with Gasteiger partial charge in [0.25, 0.3) is 0 Å². The third kappa shape index (κ3) is 1.76. The smallest absolute Gasteiger partial charge is 0.146 e. The fraction of sp³-hybridized carbons (Fsp3) is 0. The van der Waals surface area contributed by atoms with Crippen molar-refractivity contribution >= 4 is 11.4 Å². The van der Waals surface area contributed by atoms with Gasteiger partial charge in [0, 0.05) is 11.3 Å². The van der Waals surface area contributed by atoms with E-state index in [1.807, 2.05) is 18.2 Å². The molecule has 2 aromatic rings. The highest BCUT2D eigenvalue weighted by Gasteiger charge is 2.04. The summed E-state index contributed by atoms with van der Waals surface area (Å²) >= 11 is 0. The van der Waals surface area contributed by atoms with Crippen LogP contribution in [-0.4, -0.2) is 0 Å². The van der Waals surface area contributed by atoms with E-state index in [2.05, 4.69) is 0 Å². The Morgan fingerprint density at radius 3 is 2.27 bits per heavy atom. The zero-order valence-corrected chi connectivity index (χ0v) is 8.07. The molecule has 0 saturated carbocycles. The van der Waals surface area contributed by atoms with Crippen molar-refractivity contribution in [2.45, 2.75) is 0 Å². The minimum atomic E-state index is -0.409. The molecule has 2 nitrogen and oxygen atoms in total. The van der Waals surface area contributed by atoms with E-state index in [0.29, 0.717) is 5.69 Å². The highest BCUT2D eigenvalue weighted by molar-refractivity contribution is 5.77. The van der Waals surface area contributed by atoms with Crippen LogP contribution in [0.25, 0.3) is 11.1 Å². The number of benzene rings is 2. The van der Waals surface area contributed by atoms with E-state index in [0.717, 1.165) is 11.1 Å². The normalized spacial score (nSPS) is 10.2. The highest BCUT2D eigenvalue weighted by Crippen LogP contribution is 2.27. The summed E-state index contributed by atoms with van der Waals surface area (Å²) in [5, 5.41) is 0. The molecule has 0 aromatic heterocycles. The Bertz CT molecular complexity index is 495. The van der Waals surface area contributed by atoms with E-state index < -0.39 is 5.82 Å². The van der Waals surface area contributed by atoms with Crippen molar-refractivity contribution < 1.29 is 4.39 Å². The lowest BCUT2D eigenvalue weighted by Crippen LogP contribution is -1.93. The molecule has 0 aliphatic heterocycles. The number of hydrogen-bond donors (Lipinski definition) is 2. The van der Waals surface area contributed by atoms with E-state index >= 15 is 0 Å². The average molecular weight is 202 g/mol. The zero-order valence-electron chi connectivity index (χ0n) is 8.07. The highest BCUT2D eigenvalue weighted by atomic mass is 19.1. The molecule has 4 N–H and O–H groups in total. The number of rotatable bonds is 1. The molecule has 0 atom stereocenters. The molecule has 0 heterocycles. The molecule has 0 aliphatic carbocycles.